The number of para-hydroxylation sites is 1. The molecule has 2 aromatic rings. The van der Waals surface area contributed by atoms with Crippen molar-refractivity contribution in [2.45, 2.75) is 50.4 Å². The van der Waals surface area contributed by atoms with Crippen LogP contribution in [0.4, 0.5) is 4.39 Å². The minimum absolute atomic E-state index is 0.161. The van der Waals surface area contributed by atoms with Crippen LogP contribution in [0.2, 0.25) is 0 Å². The van der Waals surface area contributed by atoms with E-state index in [0.29, 0.717) is 17.8 Å². The molecule has 1 aliphatic carbocycles. The predicted octanol–water partition coefficient (Wildman–Crippen LogP) is 5.99. The molecule has 1 saturated heterocycles. The first kappa shape index (κ1) is 19.4. The van der Waals surface area contributed by atoms with E-state index in [9.17, 15) is 4.39 Å². The molecule has 1 heterocycles. The molecule has 150 valence electrons. The van der Waals surface area contributed by atoms with Gasteiger partial charge in [-0.05, 0) is 74.0 Å². The molecule has 2 fully saturated rings. The third kappa shape index (κ3) is 4.57. The van der Waals surface area contributed by atoms with Gasteiger partial charge in [0.05, 0.1) is 6.61 Å². The number of nitrogens with zero attached hydrogens (tertiary/aromatic N) is 1. The van der Waals surface area contributed by atoms with Gasteiger partial charge in [0.2, 0.25) is 0 Å². The van der Waals surface area contributed by atoms with Gasteiger partial charge in [0.15, 0.2) is 0 Å². The van der Waals surface area contributed by atoms with E-state index in [0.717, 1.165) is 31.9 Å². The van der Waals surface area contributed by atoms with E-state index in [2.05, 4.69) is 36.2 Å². The summed E-state index contributed by atoms with van der Waals surface area (Å²) in [5.41, 5.74) is 2.63. The van der Waals surface area contributed by atoms with E-state index in [-0.39, 0.29) is 5.82 Å². The Morgan fingerprint density at radius 2 is 1.71 bits per heavy atom. The fourth-order valence-electron chi connectivity index (χ4n) is 5.09. The maximum Gasteiger partial charge on any atom is 0.123 e. The van der Waals surface area contributed by atoms with Crippen LogP contribution in [-0.4, -0.2) is 31.6 Å². The van der Waals surface area contributed by atoms with Crippen LogP contribution in [0.1, 0.15) is 61.5 Å². The lowest BCUT2D eigenvalue weighted by Crippen LogP contribution is -2.39. The van der Waals surface area contributed by atoms with Crippen LogP contribution < -0.4 is 4.74 Å². The Bertz CT molecular complexity index is 753. The largest absolute Gasteiger partial charge is 0.493 e. The number of piperidine rings is 1. The number of hydrogen-bond donors (Lipinski definition) is 0. The summed E-state index contributed by atoms with van der Waals surface area (Å²) in [6, 6.07) is 15.7. The van der Waals surface area contributed by atoms with Crippen molar-refractivity contribution >= 4 is 0 Å². The second-order valence-corrected chi connectivity index (χ2v) is 8.65. The molecule has 2 aromatic carbocycles. The molecule has 1 saturated carbocycles. The number of benzene rings is 2. The highest BCUT2D eigenvalue weighted by Crippen LogP contribution is 2.38. The van der Waals surface area contributed by atoms with Gasteiger partial charge in [-0.2, -0.15) is 0 Å². The fraction of sp³-hybridized carbons (Fsp3) is 0.520. The highest BCUT2D eigenvalue weighted by Gasteiger charge is 2.30. The Morgan fingerprint density at radius 3 is 2.50 bits per heavy atom. The summed E-state index contributed by atoms with van der Waals surface area (Å²) in [5.74, 6) is 2.40. The van der Waals surface area contributed by atoms with Crippen LogP contribution in [0, 0.1) is 11.7 Å². The Kier molecular flexibility index (Phi) is 6.31. The van der Waals surface area contributed by atoms with Crippen molar-refractivity contribution < 1.29 is 9.13 Å². The van der Waals surface area contributed by atoms with Crippen LogP contribution in [-0.2, 0) is 0 Å². The lowest BCUT2D eigenvalue weighted by Gasteiger charge is -2.37. The van der Waals surface area contributed by atoms with Crippen LogP contribution in [0.15, 0.2) is 48.5 Å². The molecule has 0 radical (unpaired) electrons. The normalized spacial score (nSPS) is 24.2. The second-order valence-electron chi connectivity index (χ2n) is 8.65. The molecule has 4 rings (SSSR count). The van der Waals surface area contributed by atoms with Gasteiger partial charge in [-0.25, -0.2) is 4.39 Å². The minimum atomic E-state index is -0.161. The summed E-state index contributed by atoms with van der Waals surface area (Å²) in [5, 5.41) is 0. The van der Waals surface area contributed by atoms with Gasteiger partial charge in [-0.15, -0.1) is 0 Å². The first-order chi connectivity index (χ1) is 13.7. The average Bonchev–Trinajstić information content (AvgIpc) is 2.74. The molecule has 2 nitrogen and oxygen atoms in total. The predicted molar refractivity (Wildman–Crippen MR) is 113 cm³/mol. The molecule has 0 bridgehead atoms. The summed E-state index contributed by atoms with van der Waals surface area (Å²) >= 11 is 0. The van der Waals surface area contributed by atoms with Gasteiger partial charge in [-0.3, -0.25) is 0 Å². The second kappa shape index (κ2) is 9.09. The maximum atomic E-state index is 13.4. The summed E-state index contributed by atoms with van der Waals surface area (Å²) in [6.07, 6.45) is 7.70. The molecule has 28 heavy (non-hydrogen) atoms. The van der Waals surface area contributed by atoms with Crippen LogP contribution in [0.3, 0.4) is 0 Å². The van der Waals surface area contributed by atoms with Gasteiger partial charge in [0.25, 0.3) is 0 Å². The maximum absolute atomic E-state index is 13.4. The van der Waals surface area contributed by atoms with Crippen LogP contribution >= 0.6 is 0 Å². The van der Waals surface area contributed by atoms with E-state index in [1.165, 1.54) is 43.2 Å². The standard InChI is InChI=1S/C25H32FNO/c1-27-16-15-23(20-11-13-22(26)14-12-20)21(17-27)18-28-25-10-6-5-9-24(25)19-7-3-2-4-8-19/h5-6,9-14,19,21,23H,2-4,7-8,15-18H2,1H3/t21-,23-/m1/s1. The summed E-state index contributed by atoms with van der Waals surface area (Å²) < 4.78 is 19.8. The Morgan fingerprint density at radius 1 is 0.964 bits per heavy atom. The monoisotopic (exact) mass is 381 g/mol. The number of hydrogen-bond acceptors (Lipinski definition) is 2. The van der Waals surface area contributed by atoms with Crippen LogP contribution in [0.25, 0.3) is 0 Å². The van der Waals surface area contributed by atoms with E-state index >= 15 is 0 Å². The van der Waals surface area contributed by atoms with Gasteiger partial charge in [-0.1, -0.05) is 49.6 Å². The molecule has 0 spiro atoms. The number of halogens is 1. The van der Waals surface area contributed by atoms with Crippen LogP contribution in [0.5, 0.6) is 5.75 Å². The lowest BCUT2D eigenvalue weighted by molar-refractivity contribution is 0.128. The van der Waals surface area contributed by atoms with Gasteiger partial charge in [0, 0.05) is 12.5 Å². The zero-order valence-corrected chi connectivity index (χ0v) is 16.9. The van der Waals surface area contributed by atoms with Gasteiger partial charge < -0.3 is 9.64 Å². The van der Waals surface area contributed by atoms with Gasteiger partial charge in [0.1, 0.15) is 11.6 Å². The summed E-state index contributed by atoms with van der Waals surface area (Å²) in [7, 11) is 2.18. The molecule has 2 atom stereocenters. The molecule has 0 N–H and O–H groups in total. The summed E-state index contributed by atoms with van der Waals surface area (Å²) in [4.78, 5) is 2.39. The third-order valence-corrected chi connectivity index (χ3v) is 6.65. The molecule has 3 heteroatoms. The van der Waals surface area contributed by atoms with Crippen molar-refractivity contribution in [2.75, 3.05) is 26.7 Å². The van der Waals surface area contributed by atoms with E-state index < -0.39 is 0 Å². The highest BCUT2D eigenvalue weighted by atomic mass is 19.1. The average molecular weight is 382 g/mol. The van der Waals surface area contributed by atoms with E-state index in [1.807, 2.05) is 12.1 Å². The van der Waals surface area contributed by atoms with E-state index in [1.54, 1.807) is 12.1 Å². The molecule has 1 aliphatic heterocycles. The lowest BCUT2D eigenvalue weighted by atomic mass is 9.81. The van der Waals surface area contributed by atoms with Crippen molar-refractivity contribution in [3.05, 3.63) is 65.5 Å². The number of likely N-dealkylation sites (tertiary alicyclic amines) is 1. The van der Waals surface area contributed by atoms with Crippen molar-refractivity contribution in [2.24, 2.45) is 5.92 Å². The number of ether oxygens (including phenoxy) is 1. The van der Waals surface area contributed by atoms with Crippen molar-refractivity contribution in [1.82, 2.24) is 4.90 Å². The highest BCUT2D eigenvalue weighted by molar-refractivity contribution is 5.36. The first-order valence-electron chi connectivity index (χ1n) is 10.9. The van der Waals surface area contributed by atoms with Gasteiger partial charge >= 0.3 is 0 Å². The first-order valence-corrected chi connectivity index (χ1v) is 10.9. The molecule has 0 aromatic heterocycles. The molecule has 2 aliphatic rings. The zero-order valence-electron chi connectivity index (χ0n) is 16.9. The van der Waals surface area contributed by atoms with Crippen molar-refractivity contribution in [1.29, 1.82) is 0 Å². The summed E-state index contributed by atoms with van der Waals surface area (Å²) in [6.45, 7) is 2.82. The fourth-order valence-corrected chi connectivity index (χ4v) is 5.09. The molecular weight excluding hydrogens is 349 g/mol. The molecule has 0 unspecified atom stereocenters. The van der Waals surface area contributed by atoms with E-state index in [4.69, 9.17) is 4.74 Å². The zero-order chi connectivity index (χ0) is 19.3. The molecular formula is C25H32FNO. The topological polar surface area (TPSA) is 12.5 Å². The van der Waals surface area contributed by atoms with Crippen molar-refractivity contribution in [3.63, 3.8) is 0 Å². The Labute approximate surface area is 168 Å². The Hall–Kier alpha value is -1.87. The third-order valence-electron chi connectivity index (χ3n) is 6.65. The molecule has 0 amide bonds. The Balaban J connectivity index is 1.48. The smallest absolute Gasteiger partial charge is 0.123 e. The SMILES string of the molecule is CN1CC[C@H](c2ccc(F)cc2)[C@@H](COc2ccccc2C2CCCCC2)C1. The quantitative estimate of drug-likeness (QED) is 0.631. The van der Waals surface area contributed by atoms with Crippen molar-refractivity contribution in [3.8, 4) is 5.75 Å². The number of rotatable bonds is 5. The minimum Gasteiger partial charge on any atom is -0.493 e.